The van der Waals surface area contributed by atoms with Crippen LogP contribution in [0.15, 0.2) is 54.6 Å². The molecule has 8 heteroatoms. The Morgan fingerprint density at radius 3 is 2.46 bits per heavy atom. The molecular formula is C20H23N3O5. The molecule has 2 aromatic carbocycles. The van der Waals surface area contributed by atoms with Gasteiger partial charge in [-0.2, -0.15) is 0 Å². The molecule has 3 N–H and O–H groups in total. The normalized spacial score (nSPS) is 12.6. The van der Waals surface area contributed by atoms with Crippen LogP contribution >= 0.6 is 0 Å². The predicted octanol–water partition coefficient (Wildman–Crippen LogP) is 3.43. The second kappa shape index (κ2) is 10.1. The van der Waals surface area contributed by atoms with Gasteiger partial charge in [0.05, 0.1) is 11.0 Å². The Morgan fingerprint density at radius 2 is 1.82 bits per heavy atom. The van der Waals surface area contributed by atoms with Crippen molar-refractivity contribution in [1.29, 1.82) is 0 Å². The van der Waals surface area contributed by atoms with E-state index in [4.69, 9.17) is 5.11 Å². The van der Waals surface area contributed by atoms with E-state index in [1.165, 1.54) is 12.1 Å². The fourth-order valence-corrected chi connectivity index (χ4v) is 2.84. The first-order valence-electron chi connectivity index (χ1n) is 8.92. The summed E-state index contributed by atoms with van der Waals surface area (Å²) in [6, 6.07) is 14.3. The number of carboxylic acids is 1. The summed E-state index contributed by atoms with van der Waals surface area (Å²) in [7, 11) is 0. The highest BCUT2D eigenvalue weighted by molar-refractivity contribution is 5.75. The molecular weight excluding hydrogens is 362 g/mol. The molecule has 2 rings (SSSR count). The van der Waals surface area contributed by atoms with Gasteiger partial charge in [0, 0.05) is 24.6 Å². The van der Waals surface area contributed by atoms with E-state index < -0.39 is 23.0 Å². The first-order chi connectivity index (χ1) is 13.3. The number of non-ortho nitro benzene ring substituents is 1. The van der Waals surface area contributed by atoms with Crippen LogP contribution in [0.2, 0.25) is 0 Å². The summed E-state index contributed by atoms with van der Waals surface area (Å²) in [6.07, 6.45) is 0.744. The van der Waals surface area contributed by atoms with Crippen LogP contribution < -0.4 is 10.6 Å². The Bertz CT molecular complexity index is 826. The molecule has 0 radical (unpaired) electrons. The molecule has 28 heavy (non-hydrogen) atoms. The van der Waals surface area contributed by atoms with Crippen LogP contribution in [0.1, 0.15) is 36.9 Å². The predicted molar refractivity (Wildman–Crippen MR) is 104 cm³/mol. The number of hydrogen-bond donors (Lipinski definition) is 3. The number of carboxylic acid groups (broad SMARTS) is 1. The molecule has 2 unspecified atom stereocenters. The molecule has 0 spiro atoms. The molecule has 148 valence electrons. The van der Waals surface area contributed by atoms with Gasteiger partial charge < -0.3 is 15.7 Å². The van der Waals surface area contributed by atoms with Gasteiger partial charge >= 0.3 is 12.0 Å². The maximum Gasteiger partial charge on any atom is 0.315 e. The summed E-state index contributed by atoms with van der Waals surface area (Å²) in [5.41, 5.74) is 1.55. The number of nitrogens with zero attached hydrogens (tertiary/aromatic N) is 1. The molecule has 0 heterocycles. The summed E-state index contributed by atoms with van der Waals surface area (Å²) in [5, 5.41) is 25.4. The largest absolute Gasteiger partial charge is 0.481 e. The third-order valence-electron chi connectivity index (χ3n) is 4.30. The molecule has 0 saturated heterocycles. The van der Waals surface area contributed by atoms with E-state index in [-0.39, 0.29) is 18.2 Å². The van der Waals surface area contributed by atoms with Crippen molar-refractivity contribution < 1.29 is 19.6 Å². The average Bonchev–Trinajstić information content (AvgIpc) is 2.66. The number of hydrogen-bond acceptors (Lipinski definition) is 4. The Labute approximate surface area is 162 Å². The fraction of sp³-hybridized carbons (Fsp3) is 0.300. The van der Waals surface area contributed by atoms with Gasteiger partial charge in [0.1, 0.15) is 0 Å². The second-order valence-corrected chi connectivity index (χ2v) is 6.51. The summed E-state index contributed by atoms with van der Waals surface area (Å²) >= 11 is 0. The van der Waals surface area contributed by atoms with Gasteiger partial charge in [0.15, 0.2) is 0 Å². The molecule has 0 aliphatic heterocycles. The van der Waals surface area contributed by atoms with Crippen LogP contribution in [-0.2, 0) is 11.2 Å². The zero-order valence-electron chi connectivity index (χ0n) is 15.5. The first kappa shape index (κ1) is 20.9. The third kappa shape index (κ3) is 6.71. The molecule has 0 fully saturated rings. The lowest BCUT2D eigenvalue weighted by Crippen LogP contribution is -2.44. The van der Waals surface area contributed by atoms with Gasteiger partial charge in [0.2, 0.25) is 0 Å². The van der Waals surface area contributed by atoms with Crippen LogP contribution in [-0.4, -0.2) is 28.1 Å². The van der Waals surface area contributed by atoms with Crippen molar-refractivity contribution in [2.45, 2.75) is 38.3 Å². The maximum absolute atomic E-state index is 12.4. The molecule has 2 atom stereocenters. The fourth-order valence-electron chi connectivity index (χ4n) is 2.84. The Morgan fingerprint density at radius 1 is 1.11 bits per heavy atom. The Kier molecular flexibility index (Phi) is 7.50. The summed E-state index contributed by atoms with van der Waals surface area (Å²) in [5.74, 6) is -0.926. The van der Waals surface area contributed by atoms with Crippen LogP contribution in [0.25, 0.3) is 0 Å². The summed E-state index contributed by atoms with van der Waals surface area (Å²) < 4.78 is 0. The van der Waals surface area contributed by atoms with Crippen molar-refractivity contribution in [2.75, 3.05) is 0 Å². The minimum Gasteiger partial charge on any atom is -0.481 e. The zero-order chi connectivity index (χ0) is 20.5. The van der Waals surface area contributed by atoms with Crippen molar-refractivity contribution in [3.63, 3.8) is 0 Å². The van der Waals surface area contributed by atoms with Crippen molar-refractivity contribution in [1.82, 2.24) is 10.6 Å². The van der Waals surface area contributed by atoms with Gasteiger partial charge in [-0.1, -0.05) is 42.5 Å². The topological polar surface area (TPSA) is 122 Å². The van der Waals surface area contributed by atoms with Gasteiger partial charge in [-0.25, -0.2) is 4.79 Å². The minimum atomic E-state index is -0.926. The van der Waals surface area contributed by atoms with Crippen LogP contribution in [0.4, 0.5) is 10.5 Å². The second-order valence-electron chi connectivity index (χ2n) is 6.51. The zero-order valence-corrected chi connectivity index (χ0v) is 15.5. The maximum atomic E-state index is 12.4. The minimum absolute atomic E-state index is 0.0463. The average molecular weight is 385 g/mol. The van der Waals surface area contributed by atoms with E-state index >= 15 is 0 Å². The molecule has 0 bridgehead atoms. The van der Waals surface area contributed by atoms with Crippen molar-refractivity contribution >= 4 is 17.7 Å². The highest BCUT2D eigenvalue weighted by Gasteiger charge is 2.17. The van der Waals surface area contributed by atoms with E-state index in [0.717, 1.165) is 5.56 Å². The van der Waals surface area contributed by atoms with E-state index in [1.54, 1.807) is 19.1 Å². The molecule has 2 aromatic rings. The molecule has 0 saturated carbocycles. The molecule has 8 nitrogen and oxygen atoms in total. The Hall–Kier alpha value is -3.42. The number of amides is 2. The number of urea groups is 1. The van der Waals surface area contributed by atoms with Crippen LogP contribution in [0.5, 0.6) is 0 Å². The van der Waals surface area contributed by atoms with Gasteiger partial charge in [0.25, 0.3) is 5.69 Å². The standard InChI is InChI=1S/C20H23N3O5/c1-14(16-8-5-9-18(13-16)23(27)28)21-20(26)22-17(10-11-19(24)25)12-15-6-3-2-4-7-15/h2-9,13-14,17H,10-12H2,1H3,(H,24,25)(H2,21,22,26). The van der Waals surface area contributed by atoms with E-state index in [1.807, 2.05) is 30.3 Å². The van der Waals surface area contributed by atoms with Crippen molar-refractivity contribution in [3.05, 3.63) is 75.8 Å². The molecule has 0 aromatic heterocycles. The lowest BCUT2D eigenvalue weighted by atomic mass is 10.0. The van der Waals surface area contributed by atoms with Gasteiger partial charge in [-0.3, -0.25) is 14.9 Å². The summed E-state index contributed by atoms with van der Waals surface area (Å²) in [6.45, 7) is 1.72. The number of carbonyl (C=O) groups is 2. The lowest BCUT2D eigenvalue weighted by Gasteiger charge is -2.21. The number of rotatable bonds is 9. The number of nitro groups is 1. The lowest BCUT2D eigenvalue weighted by molar-refractivity contribution is -0.384. The van der Waals surface area contributed by atoms with Gasteiger partial charge in [-0.15, -0.1) is 0 Å². The van der Waals surface area contributed by atoms with Gasteiger partial charge in [-0.05, 0) is 30.9 Å². The summed E-state index contributed by atoms with van der Waals surface area (Å²) in [4.78, 5) is 33.7. The van der Waals surface area contributed by atoms with Crippen molar-refractivity contribution in [3.8, 4) is 0 Å². The molecule has 0 aliphatic rings. The van der Waals surface area contributed by atoms with Crippen molar-refractivity contribution in [2.24, 2.45) is 0 Å². The monoisotopic (exact) mass is 385 g/mol. The molecule has 2 amide bonds. The quantitative estimate of drug-likeness (QED) is 0.451. The number of carbonyl (C=O) groups excluding carboxylic acids is 1. The van der Waals surface area contributed by atoms with E-state index in [2.05, 4.69) is 10.6 Å². The number of benzene rings is 2. The number of nitrogens with one attached hydrogen (secondary N) is 2. The third-order valence-corrected chi connectivity index (χ3v) is 4.30. The molecule has 0 aliphatic carbocycles. The number of nitro benzene ring substituents is 1. The SMILES string of the molecule is CC(NC(=O)NC(CCC(=O)O)Cc1ccccc1)c1cccc([N+](=O)[O-])c1. The van der Waals surface area contributed by atoms with Crippen LogP contribution in [0.3, 0.4) is 0 Å². The van der Waals surface area contributed by atoms with Crippen LogP contribution in [0, 0.1) is 10.1 Å². The van der Waals surface area contributed by atoms with E-state index in [9.17, 15) is 19.7 Å². The highest BCUT2D eigenvalue weighted by Crippen LogP contribution is 2.19. The van der Waals surface area contributed by atoms with E-state index in [0.29, 0.717) is 18.4 Å². The first-order valence-corrected chi connectivity index (χ1v) is 8.92. The smallest absolute Gasteiger partial charge is 0.315 e. The highest BCUT2D eigenvalue weighted by atomic mass is 16.6. The number of aliphatic carboxylic acids is 1. The Balaban J connectivity index is 2.00.